The number of carboxylic acid groups (broad SMARTS) is 2. The summed E-state index contributed by atoms with van der Waals surface area (Å²) >= 11 is 0. The van der Waals surface area contributed by atoms with E-state index in [2.05, 4.69) is 51.1 Å². The van der Waals surface area contributed by atoms with Gasteiger partial charge in [-0.1, -0.05) is 128 Å². The highest BCUT2D eigenvalue weighted by Gasteiger charge is 2.37. The van der Waals surface area contributed by atoms with Crippen LogP contribution < -0.4 is 37.2 Å². The molecular weight excluding hydrogens is 943 g/mol. The molecule has 1 rings (SSSR count). The molecule has 1 aliphatic heterocycles. The third kappa shape index (κ3) is 27.5. The van der Waals surface area contributed by atoms with Gasteiger partial charge in [-0.05, 0) is 80.5 Å². The van der Waals surface area contributed by atoms with E-state index in [0.717, 1.165) is 44.9 Å². The molecule has 7 amide bonds. The molecule has 1 saturated heterocycles. The number of hydrogen-bond acceptors (Lipinski definition) is 11. The van der Waals surface area contributed by atoms with Crippen molar-refractivity contribution in [3.05, 3.63) is 0 Å². The molecule has 9 atom stereocenters. The van der Waals surface area contributed by atoms with Gasteiger partial charge in [-0.15, -0.1) is 0 Å². The molecule has 0 aromatic heterocycles. The molecule has 20 heteroatoms. The molecule has 73 heavy (non-hydrogen) atoms. The summed E-state index contributed by atoms with van der Waals surface area (Å²) in [7, 11) is 0. The average Bonchev–Trinajstić information content (AvgIpc) is 3.27. The van der Waals surface area contributed by atoms with E-state index in [9.17, 15) is 58.2 Å². The zero-order chi connectivity index (χ0) is 55.5. The number of ether oxygens (including phenoxy) is 1. The monoisotopic (exact) mass is 1040 g/mol. The number of aliphatic carboxylic acids is 2. The maximum absolute atomic E-state index is 14.2. The van der Waals surface area contributed by atoms with Crippen molar-refractivity contribution in [2.75, 3.05) is 0 Å². The van der Waals surface area contributed by atoms with Crippen molar-refractivity contribution in [3.8, 4) is 0 Å². The van der Waals surface area contributed by atoms with Crippen LogP contribution in [-0.4, -0.2) is 118 Å². The van der Waals surface area contributed by atoms with Gasteiger partial charge in [0.25, 0.3) is 0 Å². The molecular formula is C53H93N7O13. The minimum absolute atomic E-state index is 0.0392. The van der Waals surface area contributed by atoms with E-state index >= 15 is 0 Å². The Balaban J connectivity index is 3.96. The Bertz CT molecular complexity index is 1810. The van der Waals surface area contributed by atoms with Crippen LogP contribution in [0.15, 0.2) is 0 Å². The number of amides is 7. The Morgan fingerprint density at radius 1 is 0.493 bits per heavy atom. The first kappa shape index (κ1) is 65.7. The molecule has 0 saturated carbocycles. The molecule has 1 aliphatic rings. The van der Waals surface area contributed by atoms with Crippen molar-refractivity contribution >= 4 is 59.3 Å². The van der Waals surface area contributed by atoms with E-state index in [-0.39, 0.29) is 62.2 Å². The standard InChI is InChI=1S/C53H93N7O13/c1-13-35(12)20-18-16-14-15-17-19-21-36-28-43(61)54-37(22-23-44(62)63)47(66)55-38(24-30(2)3)48(67)57-40(26-32(6)7)51(70)60-46(34(10)11)52(71)58-41(29-45(64)65)50(69)56-39(25-31(4)5)49(68)59-42(27-33(8)9)53(72)73-36/h30-42,46H,13-29H2,1-12H3,(H,54,61)(H,55,66)(H,56,69)(H,57,67)(H,58,71)(H,59,68)(H,60,70)(H,62,63)(H,64,65)/t35?,36-,37+,38+,39-,40-,41+,42+,46+/m1/s1. The normalized spacial score (nSPS) is 24.4. The van der Waals surface area contributed by atoms with Crippen LogP contribution in [0.4, 0.5) is 0 Å². The summed E-state index contributed by atoms with van der Waals surface area (Å²) in [6, 6.07) is -9.64. The Kier molecular flexibility index (Phi) is 30.8. The Hall–Kier alpha value is -5.30. The average molecular weight is 1040 g/mol. The van der Waals surface area contributed by atoms with Gasteiger partial charge in [0.1, 0.15) is 48.4 Å². The van der Waals surface area contributed by atoms with E-state index in [1.54, 1.807) is 55.4 Å². The zero-order valence-electron chi connectivity index (χ0n) is 46.0. The van der Waals surface area contributed by atoms with Crippen LogP contribution in [0, 0.1) is 35.5 Å². The summed E-state index contributed by atoms with van der Waals surface area (Å²) < 4.78 is 6.04. The molecule has 1 unspecified atom stereocenters. The highest BCUT2D eigenvalue weighted by molar-refractivity contribution is 5.98. The molecule has 20 nitrogen and oxygen atoms in total. The van der Waals surface area contributed by atoms with Gasteiger partial charge in [0.2, 0.25) is 41.4 Å². The second-order valence-corrected chi connectivity index (χ2v) is 22.2. The van der Waals surface area contributed by atoms with Crippen molar-refractivity contribution in [1.82, 2.24) is 37.2 Å². The van der Waals surface area contributed by atoms with Gasteiger partial charge < -0.3 is 52.2 Å². The Morgan fingerprint density at radius 2 is 0.904 bits per heavy atom. The van der Waals surface area contributed by atoms with E-state index in [1.807, 2.05) is 13.8 Å². The molecule has 0 radical (unpaired) electrons. The van der Waals surface area contributed by atoms with Gasteiger partial charge in [-0.25, -0.2) is 4.79 Å². The molecule has 0 aromatic rings. The van der Waals surface area contributed by atoms with Crippen molar-refractivity contribution in [3.63, 3.8) is 0 Å². The van der Waals surface area contributed by atoms with Crippen LogP contribution in [0.2, 0.25) is 0 Å². The summed E-state index contributed by atoms with van der Waals surface area (Å²) in [5.74, 6) is -10.1. The summed E-state index contributed by atoms with van der Waals surface area (Å²) in [4.78, 5) is 137. The summed E-state index contributed by atoms with van der Waals surface area (Å²) in [6.07, 6.45) is 4.97. The molecule has 0 spiro atoms. The number of esters is 1. The predicted octanol–water partition coefficient (Wildman–Crippen LogP) is 5.04. The second-order valence-electron chi connectivity index (χ2n) is 22.2. The fraction of sp³-hybridized carbons (Fsp3) is 0.811. The summed E-state index contributed by atoms with van der Waals surface area (Å²) in [6.45, 7) is 22.1. The van der Waals surface area contributed by atoms with Gasteiger partial charge in [0.15, 0.2) is 0 Å². The zero-order valence-corrected chi connectivity index (χ0v) is 46.0. The maximum atomic E-state index is 14.2. The first-order valence-corrected chi connectivity index (χ1v) is 26.9. The number of nitrogens with one attached hydrogen (secondary N) is 7. The second kappa shape index (κ2) is 34.2. The quantitative estimate of drug-likeness (QED) is 0.0453. The highest BCUT2D eigenvalue weighted by atomic mass is 16.5. The Labute approximate surface area is 434 Å². The minimum Gasteiger partial charge on any atom is -0.481 e. The van der Waals surface area contributed by atoms with Crippen molar-refractivity contribution in [1.29, 1.82) is 0 Å². The summed E-state index contributed by atoms with van der Waals surface area (Å²) in [5, 5.41) is 37.9. The molecule has 0 aliphatic carbocycles. The Morgan fingerprint density at radius 3 is 1.36 bits per heavy atom. The maximum Gasteiger partial charge on any atom is 0.328 e. The van der Waals surface area contributed by atoms with Gasteiger partial charge >= 0.3 is 17.9 Å². The van der Waals surface area contributed by atoms with Crippen LogP contribution in [0.5, 0.6) is 0 Å². The number of carbonyl (C=O) groups excluding carboxylic acids is 8. The van der Waals surface area contributed by atoms with Crippen LogP contribution in [0.1, 0.15) is 192 Å². The lowest BCUT2D eigenvalue weighted by atomic mass is 9.98. The molecule has 9 N–H and O–H groups in total. The fourth-order valence-electron chi connectivity index (χ4n) is 8.54. The third-order valence-electron chi connectivity index (χ3n) is 12.8. The topological polar surface area (TPSA) is 305 Å². The van der Waals surface area contributed by atoms with Gasteiger partial charge in [0, 0.05) is 6.42 Å². The number of carbonyl (C=O) groups is 10. The van der Waals surface area contributed by atoms with Gasteiger partial charge in [0.05, 0.1) is 12.8 Å². The number of cyclic esters (lactones) is 1. The number of carboxylic acids is 2. The van der Waals surface area contributed by atoms with Crippen LogP contribution in [0.25, 0.3) is 0 Å². The molecule has 0 bridgehead atoms. The molecule has 1 fully saturated rings. The van der Waals surface area contributed by atoms with Crippen molar-refractivity contribution in [2.24, 2.45) is 35.5 Å². The minimum atomic E-state index is -1.72. The van der Waals surface area contributed by atoms with Crippen molar-refractivity contribution in [2.45, 2.75) is 241 Å². The van der Waals surface area contributed by atoms with Crippen LogP contribution >= 0.6 is 0 Å². The third-order valence-corrected chi connectivity index (χ3v) is 12.8. The first-order chi connectivity index (χ1) is 34.1. The number of rotatable bonds is 24. The first-order valence-electron chi connectivity index (χ1n) is 26.9. The lowest BCUT2D eigenvalue weighted by Crippen LogP contribution is -2.61. The number of unbranched alkanes of at least 4 members (excludes halogenated alkanes) is 5. The summed E-state index contributed by atoms with van der Waals surface area (Å²) in [5.41, 5.74) is 0. The van der Waals surface area contributed by atoms with Crippen molar-refractivity contribution < 1.29 is 62.9 Å². The molecule has 0 aromatic carbocycles. The highest BCUT2D eigenvalue weighted by Crippen LogP contribution is 2.19. The smallest absolute Gasteiger partial charge is 0.328 e. The molecule has 1 heterocycles. The van der Waals surface area contributed by atoms with E-state index in [1.165, 1.54) is 0 Å². The van der Waals surface area contributed by atoms with Crippen LogP contribution in [-0.2, 0) is 52.7 Å². The van der Waals surface area contributed by atoms with E-state index in [4.69, 9.17) is 4.74 Å². The van der Waals surface area contributed by atoms with Gasteiger partial charge in [-0.2, -0.15) is 0 Å². The lowest BCUT2D eigenvalue weighted by Gasteiger charge is -2.29. The van der Waals surface area contributed by atoms with Gasteiger partial charge in [-0.3, -0.25) is 43.2 Å². The molecule has 418 valence electrons. The number of hydrogen-bond donors (Lipinski definition) is 9. The lowest BCUT2D eigenvalue weighted by molar-refractivity contribution is -0.155. The van der Waals surface area contributed by atoms with Crippen LogP contribution in [0.3, 0.4) is 0 Å². The fourth-order valence-corrected chi connectivity index (χ4v) is 8.54. The van der Waals surface area contributed by atoms with E-state index in [0.29, 0.717) is 12.3 Å². The predicted molar refractivity (Wildman–Crippen MR) is 276 cm³/mol. The largest absolute Gasteiger partial charge is 0.481 e. The SMILES string of the molecule is CCC(C)CCCCCCCC[C@@H]1CC(=O)N[C@@H](CCC(=O)O)C(=O)N[C@@H](CC(C)C)C(=O)N[C@H](CC(C)C)C(=O)N[C@@H](C(C)C)C(=O)N[C@@H](CC(=O)O)C(=O)N[C@H](CC(C)C)C(=O)N[C@@H](CC(C)C)C(=O)O1. The van der Waals surface area contributed by atoms with E-state index < -0.39 is 133 Å².